The number of aromatic amines is 2. The van der Waals surface area contributed by atoms with Crippen LogP contribution in [-0.4, -0.2) is 52.0 Å². The van der Waals surface area contributed by atoms with Crippen molar-refractivity contribution in [2.75, 3.05) is 31.2 Å². The molecule has 1 aliphatic heterocycles. The summed E-state index contributed by atoms with van der Waals surface area (Å²) in [7, 11) is 0. The van der Waals surface area contributed by atoms with E-state index in [1.807, 2.05) is 49.4 Å². The zero-order valence-electron chi connectivity index (χ0n) is 17.0. The highest BCUT2D eigenvalue weighted by molar-refractivity contribution is 6.05. The summed E-state index contributed by atoms with van der Waals surface area (Å²) in [6.07, 6.45) is 0. The summed E-state index contributed by atoms with van der Waals surface area (Å²) in [5.41, 5.74) is 5.69. The van der Waals surface area contributed by atoms with Gasteiger partial charge in [-0.25, -0.2) is 9.97 Å². The molecule has 0 saturated carbocycles. The molecular formula is C23H23N5O2. The van der Waals surface area contributed by atoms with Gasteiger partial charge in [-0.3, -0.25) is 4.79 Å². The number of hydrogen-bond donors (Lipinski definition) is 2. The van der Waals surface area contributed by atoms with E-state index < -0.39 is 0 Å². The highest BCUT2D eigenvalue weighted by Gasteiger charge is 2.23. The van der Waals surface area contributed by atoms with Crippen LogP contribution in [0.15, 0.2) is 42.5 Å². The molecule has 0 amide bonds. The SMILES string of the molecule is CC(=O)c1c(C)[nH]c(-c2nc3nc(N4CCOCC4)ccc3[nH]2)c1-c1ccccc1. The Morgan fingerprint density at radius 2 is 1.80 bits per heavy atom. The highest BCUT2D eigenvalue weighted by Crippen LogP contribution is 2.36. The first-order valence-corrected chi connectivity index (χ1v) is 10.1. The normalized spacial score (nSPS) is 14.4. The van der Waals surface area contributed by atoms with Crippen molar-refractivity contribution < 1.29 is 9.53 Å². The van der Waals surface area contributed by atoms with Crippen molar-refractivity contribution in [1.82, 2.24) is 19.9 Å². The molecule has 0 aliphatic carbocycles. The quantitative estimate of drug-likeness (QED) is 0.505. The maximum Gasteiger partial charge on any atom is 0.180 e. The number of benzene rings is 1. The molecule has 4 heterocycles. The van der Waals surface area contributed by atoms with Gasteiger partial charge in [0.2, 0.25) is 0 Å². The molecule has 0 spiro atoms. The van der Waals surface area contributed by atoms with Crippen LogP contribution in [0.1, 0.15) is 23.0 Å². The molecule has 7 heteroatoms. The molecule has 1 fully saturated rings. The number of aryl methyl sites for hydroxylation is 1. The molecule has 7 nitrogen and oxygen atoms in total. The number of Topliss-reactive ketones (excluding diaryl/α,β-unsaturated/α-hetero) is 1. The van der Waals surface area contributed by atoms with Crippen LogP contribution in [0.5, 0.6) is 0 Å². The number of imidazole rings is 1. The molecular weight excluding hydrogens is 378 g/mol. The minimum absolute atomic E-state index is 0.0256. The summed E-state index contributed by atoms with van der Waals surface area (Å²) in [6, 6.07) is 13.9. The van der Waals surface area contributed by atoms with Gasteiger partial charge in [0, 0.05) is 29.9 Å². The number of morpholine rings is 1. The third-order valence-corrected chi connectivity index (χ3v) is 5.51. The van der Waals surface area contributed by atoms with Crippen LogP contribution in [0.25, 0.3) is 33.8 Å². The number of anilines is 1. The van der Waals surface area contributed by atoms with Gasteiger partial charge in [-0.1, -0.05) is 30.3 Å². The minimum Gasteiger partial charge on any atom is -0.378 e. The maximum absolute atomic E-state index is 12.4. The Balaban J connectivity index is 1.63. The third-order valence-electron chi connectivity index (χ3n) is 5.51. The first kappa shape index (κ1) is 18.6. The van der Waals surface area contributed by atoms with E-state index in [0.717, 1.165) is 46.9 Å². The molecule has 0 bridgehead atoms. The van der Waals surface area contributed by atoms with E-state index in [-0.39, 0.29) is 5.78 Å². The molecule has 152 valence electrons. The molecule has 30 heavy (non-hydrogen) atoms. The molecule has 1 saturated heterocycles. The average molecular weight is 401 g/mol. The zero-order valence-corrected chi connectivity index (χ0v) is 17.0. The summed E-state index contributed by atoms with van der Waals surface area (Å²) in [4.78, 5) is 30.9. The smallest absolute Gasteiger partial charge is 0.180 e. The van der Waals surface area contributed by atoms with Crippen molar-refractivity contribution in [3.8, 4) is 22.6 Å². The van der Waals surface area contributed by atoms with Crippen molar-refractivity contribution in [2.24, 2.45) is 0 Å². The lowest BCUT2D eigenvalue weighted by molar-refractivity contribution is 0.101. The lowest BCUT2D eigenvalue weighted by atomic mass is 9.98. The lowest BCUT2D eigenvalue weighted by Gasteiger charge is -2.27. The monoisotopic (exact) mass is 401 g/mol. The summed E-state index contributed by atoms with van der Waals surface area (Å²) in [5.74, 6) is 1.60. The van der Waals surface area contributed by atoms with Crippen molar-refractivity contribution >= 4 is 22.8 Å². The first-order chi connectivity index (χ1) is 14.6. The fourth-order valence-electron chi connectivity index (χ4n) is 4.11. The van der Waals surface area contributed by atoms with Crippen molar-refractivity contribution in [3.63, 3.8) is 0 Å². The number of hydrogen-bond acceptors (Lipinski definition) is 5. The molecule has 3 aromatic heterocycles. The van der Waals surface area contributed by atoms with E-state index in [1.54, 1.807) is 6.92 Å². The van der Waals surface area contributed by atoms with Crippen molar-refractivity contribution in [2.45, 2.75) is 13.8 Å². The van der Waals surface area contributed by atoms with Gasteiger partial charge in [0.15, 0.2) is 17.3 Å². The van der Waals surface area contributed by atoms with E-state index >= 15 is 0 Å². The van der Waals surface area contributed by atoms with Crippen molar-refractivity contribution in [3.05, 3.63) is 53.7 Å². The summed E-state index contributed by atoms with van der Waals surface area (Å²) < 4.78 is 5.44. The summed E-state index contributed by atoms with van der Waals surface area (Å²) >= 11 is 0. The predicted molar refractivity (Wildman–Crippen MR) is 117 cm³/mol. The second-order valence-corrected chi connectivity index (χ2v) is 7.52. The molecule has 0 atom stereocenters. The molecule has 5 rings (SSSR count). The standard InChI is InChI=1S/C23H23N5O2/c1-14-19(15(2)29)20(16-6-4-3-5-7-16)21(24-14)23-25-17-8-9-18(26-22(17)27-23)28-10-12-30-13-11-28/h3-9,24H,10-13H2,1-2H3,(H,25,26,27). The van der Waals surface area contributed by atoms with Crippen LogP contribution < -0.4 is 4.90 Å². The molecule has 1 aliphatic rings. The molecule has 0 radical (unpaired) electrons. The number of carbonyl (C=O) groups excluding carboxylic acids is 1. The van der Waals surface area contributed by atoms with Crippen LogP contribution in [0.4, 0.5) is 5.82 Å². The van der Waals surface area contributed by atoms with Crippen molar-refractivity contribution in [1.29, 1.82) is 0 Å². The fourth-order valence-corrected chi connectivity index (χ4v) is 4.11. The largest absolute Gasteiger partial charge is 0.378 e. The van der Waals surface area contributed by atoms with E-state index in [1.165, 1.54) is 0 Å². The van der Waals surface area contributed by atoms with Crippen LogP contribution in [0, 0.1) is 6.92 Å². The lowest BCUT2D eigenvalue weighted by Crippen LogP contribution is -2.36. The third kappa shape index (κ3) is 3.17. The number of carbonyl (C=O) groups is 1. The van der Waals surface area contributed by atoms with E-state index in [4.69, 9.17) is 14.7 Å². The minimum atomic E-state index is 0.0256. The van der Waals surface area contributed by atoms with Gasteiger partial charge in [0.05, 0.1) is 24.4 Å². The Bertz CT molecular complexity index is 1220. The number of ether oxygens (including phenoxy) is 1. The van der Waals surface area contributed by atoms with Gasteiger partial charge in [0.25, 0.3) is 0 Å². The zero-order chi connectivity index (χ0) is 20.7. The van der Waals surface area contributed by atoms with Gasteiger partial charge in [0.1, 0.15) is 5.82 Å². The molecule has 0 unspecified atom stereocenters. The second-order valence-electron chi connectivity index (χ2n) is 7.52. The predicted octanol–water partition coefficient (Wildman–Crippen LogP) is 3.97. The van der Waals surface area contributed by atoms with E-state index in [2.05, 4.69) is 14.9 Å². The Morgan fingerprint density at radius 1 is 1.03 bits per heavy atom. The van der Waals surface area contributed by atoms with Gasteiger partial charge >= 0.3 is 0 Å². The summed E-state index contributed by atoms with van der Waals surface area (Å²) in [6.45, 7) is 6.59. The number of pyridine rings is 1. The number of H-pyrrole nitrogens is 2. The van der Waals surface area contributed by atoms with Crippen LogP contribution in [-0.2, 0) is 4.74 Å². The van der Waals surface area contributed by atoms with Crippen LogP contribution in [0.2, 0.25) is 0 Å². The van der Waals surface area contributed by atoms with Gasteiger partial charge in [-0.05, 0) is 31.5 Å². The number of ketones is 1. The Hall–Kier alpha value is -3.45. The summed E-state index contributed by atoms with van der Waals surface area (Å²) in [5, 5.41) is 0. The van der Waals surface area contributed by atoms with Gasteiger partial charge in [-0.15, -0.1) is 0 Å². The van der Waals surface area contributed by atoms with E-state index in [9.17, 15) is 4.79 Å². The Morgan fingerprint density at radius 3 is 2.53 bits per heavy atom. The van der Waals surface area contributed by atoms with Gasteiger partial charge < -0.3 is 19.6 Å². The van der Waals surface area contributed by atoms with Crippen LogP contribution in [0.3, 0.4) is 0 Å². The fraction of sp³-hybridized carbons (Fsp3) is 0.261. The van der Waals surface area contributed by atoms with Crippen LogP contribution >= 0.6 is 0 Å². The Kier molecular flexibility index (Phi) is 4.59. The van der Waals surface area contributed by atoms with E-state index in [0.29, 0.717) is 30.2 Å². The number of nitrogens with one attached hydrogen (secondary N) is 2. The maximum atomic E-state index is 12.4. The average Bonchev–Trinajstić information content (AvgIpc) is 3.35. The second kappa shape index (κ2) is 7.42. The molecule has 1 aromatic carbocycles. The first-order valence-electron chi connectivity index (χ1n) is 10.1. The number of nitrogens with zero attached hydrogens (tertiary/aromatic N) is 3. The van der Waals surface area contributed by atoms with Gasteiger partial charge in [-0.2, -0.15) is 0 Å². The number of fused-ring (bicyclic) bond motifs is 1. The molecule has 2 N–H and O–H groups in total. The topological polar surface area (TPSA) is 86.9 Å². The Labute approximate surface area is 174 Å². The number of aromatic nitrogens is 4. The number of rotatable bonds is 4. The molecule has 4 aromatic rings. The highest BCUT2D eigenvalue weighted by atomic mass is 16.5.